The van der Waals surface area contributed by atoms with Gasteiger partial charge in [0.2, 0.25) is 0 Å². The van der Waals surface area contributed by atoms with Crippen LogP contribution in [0.3, 0.4) is 0 Å². The molecule has 8 heteroatoms. The number of halogens is 2. The van der Waals surface area contributed by atoms with E-state index in [2.05, 4.69) is 64.5 Å². The zero-order chi connectivity index (χ0) is 21.7. The van der Waals surface area contributed by atoms with Gasteiger partial charge in [-0.15, -0.1) is 36.2 Å². The summed E-state index contributed by atoms with van der Waals surface area (Å²) in [5.74, 6) is 0.662. The Hall–Kier alpha value is -2.38. The molecule has 0 unspecified atom stereocenters. The lowest BCUT2D eigenvalue weighted by Crippen LogP contribution is -2.34. The number of aromatic nitrogens is 1. The summed E-state index contributed by atoms with van der Waals surface area (Å²) >= 11 is 1.55. The second-order valence-electron chi connectivity index (χ2n) is 8.91. The molecule has 1 fully saturated rings. The molecule has 1 amide bonds. The van der Waals surface area contributed by atoms with Crippen LogP contribution in [0.15, 0.2) is 48.5 Å². The van der Waals surface area contributed by atoms with Gasteiger partial charge in [-0.2, -0.15) is 0 Å². The van der Waals surface area contributed by atoms with E-state index in [0.29, 0.717) is 5.92 Å². The molecular formula is C26H28Cl2N4OS. The van der Waals surface area contributed by atoms with Crippen molar-refractivity contribution in [1.29, 1.82) is 0 Å². The number of carbonyl (C=O) groups excluding carboxylic acids is 1. The van der Waals surface area contributed by atoms with Crippen molar-refractivity contribution in [1.82, 2.24) is 15.6 Å². The third-order valence-corrected chi connectivity index (χ3v) is 7.86. The molecule has 0 bridgehead atoms. The fourth-order valence-corrected chi connectivity index (χ4v) is 6.07. The summed E-state index contributed by atoms with van der Waals surface area (Å²) in [5, 5.41) is 12.2. The van der Waals surface area contributed by atoms with E-state index in [1.807, 2.05) is 6.92 Å². The van der Waals surface area contributed by atoms with Crippen LogP contribution in [-0.2, 0) is 0 Å². The van der Waals surface area contributed by atoms with Gasteiger partial charge >= 0.3 is 0 Å². The highest BCUT2D eigenvalue weighted by molar-refractivity contribution is 7.21. The molecule has 178 valence electrons. The molecule has 6 rings (SSSR count). The molecule has 4 heterocycles. The van der Waals surface area contributed by atoms with Gasteiger partial charge < -0.3 is 16.0 Å². The van der Waals surface area contributed by atoms with Crippen LogP contribution in [0.4, 0.5) is 5.69 Å². The van der Waals surface area contributed by atoms with Crippen LogP contribution in [0.5, 0.6) is 0 Å². The van der Waals surface area contributed by atoms with Gasteiger partial charge in [0.25, 0.3) is 5.91 Å². The summed E-state index contributed by atoms with van der Waals surface area (Å²) in [6.45, 7) is 4.95. The quantitative estimate of drug-likeness (QED) is 0.308. The van der Waals surface area contributed by atoms with Crippen LogP contribution in [0.1, 0.15) is 40.9 Å². The number of thiophene rings is 1. The second kappa shape index (κ2) is 10.1. The Balaban J connectivity index is 0.00000137. The molecule has 2 aliphatic rings. The highest BCUT2D eigenvalue weighted by atomic mass is 35.5. The van der Waals surface area contributed by atoms with Crippen molar-refractivity contribution >= 4 is 68.7 Å². The number of piperidine rings is 1. The third-order valence-electron chi connectivity index (χ3n) is 6.71. The van der Waals surface area contributed by atoms with Crippen LogP contribution in [0.25, 0.3) is 32.2 Å². The van der Waals surface area contributed by atoms with Gasteiger partial charge in [0.15, 0.2) is 0 Å². The number of fused-ring (bicyclic) bond motifs is 5. The molecule has 2 aromatic heterocycles. The van der Waals surface area contributed by atoms with E-state index in [0.717, 1.165) is 62.4 Å². The number of hydrogen-bond acceptors (Lipinski definition) is 5. The average molecular weight is 516 g/mol. The standard InChI is InChI=1S/C26H26N4OS.2ClH/c1-15-14-28-24-23-19-6-7-20(18-4-2-16(3-5-18)17-10-12-27-13-11-17)30-21(19)8-9-22(23)32-25(24)26(31)29-15;;/h2-9,15,17,27-28H,10-14H2,1H3,(H,29,31);2*1H/t15-;;/m1../s1. The van der Waals surface area contributed by atoms with Gasteiger partial charge in [0, 0.05) is 33.6 Å². The highest BCUT2D eigenvalue weighted by Crippen LogP contribution is 2.41. The van der Waals surface area contributed by atoms with Gasteiger partial charge in [0.05, 0.1) is 16.9 Å². The first-order valence-electron chi connectivity index (χ1n) is 11.4. The molecule has 0 aliphatic carbocycles. The summed E-state index contributed by atoms with van der Waals surface area (Å²) in [4.78, 5) is 18.4. The minimum absolute atomic E-state index is 0. The zero-order valence-electron chi connectivity index (χ0n) is 18.9. The summed E-state index contributed by atoms with van der Waals surface area (Å²) in [7, 11) is 0. The molecule has 5 nitrogen and oxygen atoms in total. The van der Waals surface area contributed by atoms with Crippen LogP contribution >= 0.6 is 36.2 Å². The number of carbonyl (C=O) groups is 1. The van der Waals surface area contributed by atoms with Gasteiger partial charge in [-0.1, -0.05) is 24.3 Å². The average Bonchev–Trinajstić information content (AvgIpc) is 3.16. The van der Waals surface area contributed by atoms with Crippen molar-refractivity contribution in [3.63, 3.8) is 0 Å². The molecular weight excluding hydrogens is 487 g/mol. The summed E-state index contributed by atoms with van der Waals surface area (Å²) in [5.41, 5.74) is 5.45. The van der Waals surface area contributed by atoms with Crippen molar-refractivity contribution in [3.05, 3.63) is 59.0 Å². The Morgan fingerprint density at radius 1 is 0.971 bits per heavy atom. The van der Waals surface area contributed by atoms with Gasteiger partial charge in [-0.05, 0) is 68.6 Å². The number of benzene rings is 2. The fraction of sp³-hybridized carbons (Fsp3) is 0.308. The second-order valence-corrected chi connectivity index (χ2v) is 9.96. The third kappa shape index (κ3) is 4.36. The lowest BCUT2D eigenvalue weighted by Gasteiger charge is -2.23. The van der Waals surface area contributed by atoms with Crippen molar-refractivity contribution in [2.24, 2.45) is 0 Å². The first-order chi connectivity index (χ1) is 15.7. The maximum absolute atomic E-state index is 12.6. The predicted molar refractivity (Wildman–Crippen MR) is 147 cm³/mol. The fourth-order valence-electron chi connectivity index (χ4n) is 4.97. The molecule has 0 saturated carbocycles. The molecule has 2 aromatic carbocycles. The van der Waals surface area contributed by atoms with Crippen LogP contribution in [-0.4, -0.2) is 36.6 Å². The maximum atomic E-state index is 12.6. The Kier molecular flexibility index (Phi) is 7.33. The van der Waals surface area contributed by atoms with E-state index < -0.39 is 0 Å². The Morgan fingerprint density at radius 3 is 2.50 bits per heavy atom. The van der Waals surface area contributed by atoms with Crippen LogP contribution < -0.4 is 16.0 Å². The molecule has 1 atom stereocenters. The lowest BCUT2D eigenvalue weighted by molar-refractivity contribution is 0.0949. The van der Waals surface area contributed by atoms with Crippen molar-refractivity contribution in [3.8, 4) is 11.3 Å². The lowest BCUT2D eigenvalue weighted by atomic mass is 9.89. The number of pyridine rings is 1. The van der Waals surface area contributed by atoms with Crippen molar-refractivity contribution in [2.45, 2.75) is 31.7 Å². The minimum Gasteiger partial charge on any atom is -0.381 e. The van der Waals surface area contributed by atoms with E-state index in [4.69, 9.17) is 4.98 Å². The first-order valence-corrected chi connectivity index (χ1v) is 12.2. The Labute approximate surface area is 215 Å². The molecule has 3 N–H and O–H groups in total. The molecule has 0 radical (unpaired) electrons. The first kappa shape index (κ1) is 24.7. The number of nitrogens with zero attached hydrogens (tertiary/aromatic N) is 1. The minimum atomic E-state index is 0. The number of anilines is 1. The zero-order valence-corrected chi connectivity index (χ0v) is 21.3. The van der Waals surface area contributed by atoms with Crippen LogP contribution in [0, 0.1) is 0 Å². The monoisotopic (exact) mass is 514 g/mol. The normalized spacial score (nSPS) is 18.3. The Bertz CT molecular complexity index is 1330. The smallest absolute Gasteiger partial charge is 0.263 e. The van der Waals surface area contributed by atoms with Gasteiger partial charge in [-0.25, -0.2) is 4.98 Å². The number of amides is 1. The van der Waals surface area contributed by atoms with E-state index >= 15 is 0 Å². The number of nitrogens with one attached hydrogen (secondary N) is 3. The summed E-state index contributed by atoms with van der Waals surface area (Å²) in [6, 6.07) is 17.5. The van der Waals surface area contributed by atoms with Crippen molar-refractivity contribution in [2.75, 3.05) is 25.0 Å². The summed E-state index contributed by atoms with van der Waals surface area (Å²) < 4.78 is 1.11. The van der Waals surface area contributed by atoms with E-state index in [1.54, 1.807) is 11.3 Å². The molecule has 0 spiro atoms. The molecule has 4 aromatic rings. The number of hydrogen-bond donors (Lipinski definition) is 3. The largest absolute Gasteiger partial charge is 0.381 e. The van der Waals surface area contributed by atoms with E-state index in [1.165, 1.54) is 18.4 Å². The van der Waals surface area contributed by atoms with E-state index in [9.17, 15) is 4.79 Å². The molecule has 34 heavy (non-hydrogen) atoms. The van der Waals surface area contributed by atoms with Crippen LogP contribution in [0.2, 0.25) is 0 Å². The summed E-state index contributed by atoms with van der Waals surface area (Å²) in [6.07, 6.45) is 2.42. The van der Waals surface area contributed by atoms with Gasteiger partial charge in [-0.3, -0.25) is 4.79 Å². The maximum Gasteiger partial charge on any atom is 0.263 e. The van der Waals surface area contributed by atoms with Gasteiger partial charge in [0.1, 0.15) is 4.88 Å². The highest BCUT2D eigenvalue weighted by Gasteiger charge is 2.24. The predicted octanol–water partition coefficient (Wildman–Crippen LogP) is 5.97. The molecule has 2 aliphatic heterocycles. The number of rotatable bonds is 2. The molecule has 1 saturated heterocycles. The van der Waals surface area contributed by atoms with Crippen molar-refractivity contribution < 1.29 is 4.79 Å². The SMILES string of the molecule is C[C@@H]1CNc2c(sc3ccc4nc(-c5ccc(C6CCNCC6)cc5)ccc4c23)C(=O)N1.Cl.Cl. The van der Waals surface area contributed by atoms with E-state index in [-0.39, 0.29) is 36.8 Å². The Morgan fingerprint density at radius 2 is 1.74 bits per heavy atom. The topological polar surface area (TPSA) is 66.0 Å².